The van der Waals surface area contributed by atoms with Crippen LogP contribution in [0.25, 0.3) is 0 Å². The lowest BCUT2D eigenvalue weighted by molar-refractivity contribution is -0.217. The monoisotopic (exact) mass is 564 g/mol. The Balaban J connectivity index is 1.29. The second-order valence-corrected chi connectivity index (χ2v) is 14.4. The van der Waals surface area contributed by atoms with Gasteiger partial charge in [0, 0.05) is 22.8 Å². The number of rotatable bonds is 9. The van der Waals surface area contributed by atoms with Crippen LogP contribution in [-0.2, 0) is 14.3 Å². The summed E-state index contributed by atoms with van der Waals surface area (Å²) in [5.74, 6) is 0.450. The number of esters is 1. The summed E-state index contributed by atoms with van der Waals surface area (Å²) in [6.07, 6.45) is 19.2. The summed E-state index contributed by atoms with van der Waals surface area (Å²) in [6.45, 7) is 12.8. The van der Waals surface area contributed by atoms with E-state index in [1.54, 1.807) is 6.08 Å². The molecule has 3 fully saturated rings. The van der Waals surface area contributed by atoms with Gasteiger partial charge < -0.3 is 19.7 Å². The Morgan fingerprint density at radius 3 is 2.59 bits per heavy atom. The fourth-order valence-electron chi connectivity index (χ4n) is 9.28. The topological polar surface area (TPSA) is 76.0 Å². The normalized spacial score (nSPS) is 41.3. The van der Waals surface area contributed by atoms with E-state index in [1.165, 1.54) is 16.7 Å². The van der Waals surface area contributed by atoms with Crippen LogP contribution in [-0.4, -0.2) is 46.7 Å². The predicted molar refractivity (Wildman–Crippen MR) is 163 cm³/mol. The Labute approximate surface area is 247 Å². The van der Waals surface area contributed by atoms with Gasteiger partial charge in [0.2, 0.25) is 0 Å². The van der Waals surface area contributed by atoms with E-state index in [9.17, 15) is 15.0 Å². The van der Waals surface area contributed by atoms with Gasteiger partial charge in [-0.3, -0.25) is 0 Å². The van der Waals surface area contributed by atoms with E-state index in [2.05, 4.69) is 65.0 Å². The predicted octanol–water partition coefficient (Wildman–Crippen LogP) is 7.16. The van der Waals surface area contributed by atoms with Crippen LogP contribution < -0.4 is 0 Å². The van der Waals surface area contributed by atoms with Crippen LogP contribution in [0.4, 0.5) is 0 Å². The molecule has 0 saturated heterocycles. The van der Waals surface area contributed by atoms with Gasteiger partial charge in [0.05, 0.1) is 17.8 Å². The van der Waals surface area contributed by atoms with Crippen molar-refractivity contribution in [3.05, 3.63) is 58.7 Å². The number of aliphatic hydroxyl groups is 2. The fraction of sp³-hybridized carbons (Fsp3) is 0.694. The molecule has 0 spiro atoms. The van der Waals surface area contributed by atoms with Gasteiger partial charge in [0.25, 0.3) is 0 Å². The molecule has 8 bridgehead atoms. The molecule has 4 unspecified atom stereocenters. The lowest BCUT2D eigenvalue weighted by atomic mass is 9.46. The molecule has 3 saturated carbocycles. The molecule has 2 N–H and O–H groups in total. The van der Waals surface area contributed by atoms with Crippen LogP contribution >= 0.6 is 0 Å². The lowest BCUT2D eigenvalue weighted by Gasteiger charge is -2.59. The average Bonchev–Trinajstić information content (AvgIpc) is 3.15. The minimum absolute atomic E-state index is 0.000229. The van der Waals surface area contributed by atoms with Gasteiger partial charge in [-0.25, -0.2) is 4.79 Å². The highest BCUT2D eigenvalue weighted by Crippen LogP contribution is 2.68. The molecule has 226 valence electrons. The molecular weight excluding hydrogens is 512 g/mol. The van der Waals surface area contributed by atoms with Crippen molar-refractivity contribution in [2.75, 3.05) is 6.61 Å². The Kier molecular flexibility index (Phi) is 8.64. The molecule has 5 heterocycles. The van der Waals surface area contributed by atoms with Crippen molar-refractivity contribution in [1.82, 2.24) is 0 Å². The summed E-state index contributed by atoms with van der Waals surface area (Å²) >= 11 is 0. The number of hydrogen-bond donors (Lipinski definition) is 2. The highest BCUT2D eigenvalue weighted by atomic mass is 16.6. The average molecular weight is 565 g/mol. The molecule has 5 nitrogen and oxygen atoms in total. The summed E-state index contributed by atoms with van der Waals surface area (Å²) in [4.78, 5) is 12.9. The number of fused-ring (bicyclic) bond motifs is 1. The first-order valence-electron chi connectivity index (χ1n) is 16.0. The van der Waals surface area contributed by atoms with Gasteiger partial charge in [-0.05, 0) is 97.3 Å². The number of ether oxygens (including phenoxy) is 2. The Morgan fingerprint density at radius 1 is 1.10 bits per heavy atom. The maximum atomic E-state index is 12.9. The second-order valence-electron chi connectivity index (χ2n) is 14.4. The highest BCUT2D eigenvalue weighted by molar-refractivity contribution is 5.82. The third-order valence-electron chi connectivity index (χ3n) is 11.5. The van der Waals surface area contributed by atoms with Gasteiger partial charge in [0.15, 0.2) is 0 Å². The van der Waals surface area contributed by atoms with E-state index in [0.717, 1.165) is 50.5 Å². The van der Waals surface area contributed by atoms with Crippen LogP contribution in [0.3, 0.4) is 0 Å². The molecule has 5 aliphatic heterocycles. The Hall–Kier alpha value is -1.95. The molecule has 9 atom stereocenters. The molecule has 0 amide bonds. The number of carbonyl (C=O) groups excluding carboxylic acids is 1. The molecule has 9 aliphatic rings. The van der Waals surface area contributed by atoms with Crippen LogP contribution in [0.2, 0.25) is 0 Å². The van der Waals surface area contributed by atoms with Crippen molar-refractivity contribution in [2.45, 2.75) is 123 Å². The fourth-order valence-corrected chi connectivity index (χ4v) is 9.28. The minimum Gasteiger partial charge on any atom is -0.460 e. The van der Waals surface area contributed by atoms with Crippen LogP contribution in [0.15, 0.2) is 58.7 Å². The molecule has 0 radical (unpaired) electrons. The number of carbonyl (C=O) groups is 1. The van der Waals surface area contributed by atoms with Gasteiger partial charge in [-0.15, -0.1) is 0 Å². The molecule has 0 aromatic rings. The van der Waals surface area contributed by atoms with Crippen molar-refractivity contribution in [3.63, 3.8) is 0 Å². The molecule has 5 heteroatoms. The third-order valence-corrected chi connectivity index (χ3v) is 11.5. The van der Waals surface area contributed by atoms with E-state index in [1.807, 2.05) is 6.92 Å². The zero-order valence-corrected chi connectivity index (χ0v) is 26.1. The molecule has 0 aromatic carbocycles. The summed E-state index contributed by atoms with van der Waals surface area (Å²) in [7, 11) is 0. The van der Waals surface area contributed by atoms with Crippen molar-refractivity contribution in [2.24, 2.45) is 28.6 Å². The first-order chi connectivity index (χ1) is 19.4. The minimum atomic E-state index is -1.18. The number of allylic oxidation sites excluding steroid dienone is 7. The van der Waals surface area contributed by atoms with E-state index >= 15 is 0 Å². The maximum Gasteiger partial charge on any atom is 0.330 e. The van der Waals surface area contributed by atoms with Crippen LogP contribution in [0.5, 0.6) is 0 Å². The number of hydrogen-bond acceptors (Lipinski definition) is 5. The first-order valence-corrected chi connectivity index (χ1v) is 16.0. The highest BCUT2D eigenvalue weighted by Gasteiger charge is 2.68. The standard InChI is InChI=1S/C36H52O5/c1-23(2)9-7-10-24(3)11-8-12-25(4)19-32(38)40-22-31-36(39)18-16-29-28-14-13-26-20-27(41-31)15-17-34(26,5)33(28)30(37)21-35(29,36)6/h9,11,15,17,19-20,27-31,33,37,39H,7-8,10,12-14,16,18,21-22H2,1-6H3/b24-11+,25-19+/t27?,28-,29-,30?,31?,33?,34-,35-,36-/m0/s1. The SMILES string of the molecule is CC(C)=CCC/C(C)=C/CC/C(C)=C/C(=O)OCC1OC2C=C[C@@]3(C)C(=C2)CC[C@@H]2C3C(O)C[C@@]3(C)[C@H]2CC[C@]13O. The Morgan fingerprint density at radius 2 is 1.83 bits per heavy atom. The van der Waals surface area contributed by atoms with Gasteiger partial charge >= 0.3 is 5.97 Å². The lowest BCUT2D eigenvalue weighted by Crippen LogP contribution is -2.62. The summed E-state index contributed by atoms with van der Waals surface area (Å²) in [5.41, 5.74) is 3.21. The molecular formula is C36H52O5. The van der Waals surface area contributed by atoms with E-state index in [0.29, 0.717) is 24.7 Å². The zero-order chi connectivity index (χ0) is 29.6. The van der Waals surface area contributed by atoms with Gasteiger partial charge in [-0.2, -0.15) is 0 Å². The summed E-state index contributed by atoms with van der Waals surface area (Å²) < 4.78 is 12.5. The largest absolute Gasteiger partial charge is 0.460 e. The van der Waals surface area contributed by atoms with Crippen LogP contribution in [0, 0.1) is 28.6 Å². The van der Waals surface area contributed by atoms with E-state index in [-0.39, 0.29) is 30.0 Å². The van der Waals surface area contributed by atoms with Crippen molar-refractivity contribution >= 4 is 5.97 Å². The van der Waals surface area contributed by atoms with Crippen LogP contribution in [0.1, 0.15) is 99.3 Å². The van der Waals surface area contributed by atoms with Gasteiger partial charge in [0.1, 0.15) is 12.7 Å². The van der Waals surface area contributed by atoms with Crippen molar-refractivity contribution in [3.8, 4) is 0 Å². The summed E-state index contributed by atoms with van der Waals surface area (Å²) in [6, 6.07) is 0. The van der Waals surface area contributed by atoms with Crippen molar-refractivity contribution < 1.29 is 24.5 Å². The van der Waals surface area contributed by atoms with Crippen molar-refractivity contribution in [1.29, 1.82) is 0 Å². The molecule has 41 heavy (non-hydrogen) atoms. The first kappa shape index (κ1) is 30.5. The Bertz CT molecular complexity index is 1170. The number of aliphatic hydroxyl groups excluding tert-OH is 1. The zero-order valence-electron chi connectivity index (χ0n) is 26.1. The van der Waals surface area contributed by atoms with E-state index in [4.69, 9.17) is 9.47 Å². The third kappa shape index (κ3) is 5.59. The molecule has 4 aliphatic carbocycles. The second kappa shape index (κ2) is 11.6. The van der Waals surface area contributed by atoms with E-state index < -0.39 is 23.2 Å². The van der Waals surface area contributed by atoms with Gasteiger partial charge in [-0.1, -0.05) is 66.5 Å². The summed E-state index contributed by atoms with van der Waals surface area (Å²) in [5, 5.41) is 24.1. The molecule has 9 rings (SSSR count). The smallest absolute Gasteiger partial charge is 0.330 e. The maximum absolute atomic E-state index is 12.9. The molecule has 0 aromatic heterocycles. The quantitative estimate of drug-likeness (QED) is 0.177.